The lowest BCUT2D eigenvalue weighted by Crippen LogP contribution is -2.36. The molecule has 0 spiro atoms. The normalized spacial score (nSPS) is 13.7. The lowest BCUT2D eigenvalue weighted by molar-refractivity contribution is -0.0495. The van der Waals surface area contributed by atoms with Gasteiger partial charge in [-0.05, 0) is 35.9 Å². The van der Waals surface area contributed by atoms with Crippen molar-refractivity contribution in [2.24, 2.45) is 0 Å². The zero-order chi connectivity index (χ0) is 18.1. The van der Waals surface area contributed by atoms with Gasteiger partial charge in [-0.3, -0.25) is 4.79 Å². The van der Waals surface area contributed by atoms with Crippen LogP contribution in [0.4, 0.5) is 14.5 Å². The van der Waals surface area contributed by atoms with E-state index in [2.05, 4.69) is 9.72 Å². The van der Waals surface area contributed by atoms with Crippen LogP contribution in [0.25, 0.3) is 10.6 Å². The molecule has 4 rings (SSSR count). The van der Waals surface area contributed by atoms with Crippen LogP contribution in [0.5, 0.6) is 5.75 Å². The van der Waals surface area contributed by atoms with E-state index in [0.717, 1.165) is 29.0 Å². The number of carbonyl (C=O) groups excluding carboxylic acids is 1. The number of thiophene rings is 1. The summed E-state index contributed by atoms with van der Waals surface area (Å²) >= 11 is 2.95. The fraction of sp³-hybridized carbons (Fsp3) is 0.222. The second-order valence-electron chi connectivity index (χ2n) is 5.75. The highest BCUT2D eigenvalue weighted by Crippen LogP contribution is 2.38. The molecule has 0 aliphatic carbocycles. The molecule has 0 saturated heterocycles. The predicted molar refractivity (Wildman–Crippen MR) is 98.5 cm³/mol. The molecule has 0 fully saturated rings. The van der Waals surface area contributed by atoms with Crippen molar-refractivity contribution in [3.8, 4) is 16.3 Å². The maximum absolute atomic E-state index is 13.0. The standard InChI is InChI=1S/C18H14F2N2O2S2/c19-18(20)24-14-5-1-3-11-4-2-7-22(15(11)14)17(23)13-10-26-16(21-13)12-6-8-25-9-12/h1,3,5-6,8-10,18H,2,4,7H2. The van der Waals surface area contributed by atoms with E-state index >= 15 is 0 Å². The number of amides is 1. The first-order valence-electron chi connectivity index (χ1n) is 8.00. The second kappa shape index (κ2) is 7.13. The summed E-state index contributed by atoms with van der Waals surface area (Å²) in [7, 11) is 0. The lowest BCUT2D eigenvalue weighted by Gasteiger charge is -2.30. The van der Waals surface area contributed by atoms with Crippen LogP contribution in [0.15, 0.2) is 40.4 Å². The molecule has 0 saturated carbocycles. The number of alkyl halides is 2. The van der Waals surface area contributed by atoms with E-state index in [-0.39, 0.29) is 11.7 Å². The number of thiazole rings is 1. The Hall–Kier alpha value is -2.32. The number of benzene rings is 1. The molecule has 26 heavy (non-hydrogen) atoms. The first kappa shape index (κ1) is 17.1. The van der Waals surface area contributed by atoms with Gasteiger partial charge in [-0.25, -0.2) is 4.98 Å². The van der Waals surface area contributed by atoms with Crippen molar-refractivity contribution < 1.29 is 18.3 Å². The van der Waals surface area contributed by atoms with Gasteiger partial charge < -0.3 is 9.64 Å². The summed E-state index contributed by atoms with van der Waals surface area (Å²) in [5.41, 5.74) is 2.54. The van der Waals surface area contributed by atoms with Gasteiger partial charge in [-0.1, -0.05) is 12.1 Å². The Morgan fingerprint density at radius 1 is 1.27 bits per heavy atom. The number of nitrogens with zero attached hydrogens (tertiary/aromatic N) is 2. The van der Waals surface area contributed by atoms with Gasteiger partial charge in [0.2, 0.25) is 0 Å². The van der Waals surface area contributed by atoms with Crippen LogP contribution >= 0.6 is 22.7 Å². The Morgan fingerprint density at radius 2 is 2.15 bits per heavy atom. The highest BCUT2D eigenvalue weighted by Gasteiger charge is 2.29. The minimum Gasteiger partial charge on any atom is -0.433 e. The number of aromatic nitrogens is 1. The fourth-order valence-corrected chi connectivity index (χ4v) is 4.54. The van der Waals surface area contributed by atoms with Crippen molar-refractivity contribution in [1.29, 1.82) is 0 Å². The van der Waals surface area contributed by atoms with E-state index in [0.29, 0.717) is 17.9 Å². The number of fused-ring (bicyclic) bond motifs is 1. The van der Waals surface area contributed by atoms with Crippen molar-refractivity contribution in [3.05, 3.63) is 51.7 Å². The summed E-state index contributed by atoms with van der Waals surface area (Å²) in [6.07, 6.45) is 1.48. The molecule has 3 aromatic rings. The molecule has 8 heteroatoms. The van der Waals surface area contributed by atoms with E-state index in [9.17, 15) is 13.6 Å². The molecule has 0 atom stereocenters. The number of hydrogen-bond donors (Lipinski definition) is 0. The Morgan fingerprint density at radius 3 is 2.92 bits per heavy atom. The number of hydrogen-bond acceptors (Lipinski definition) is 5. The van der Waals surface area contributed by atoms with Crippen molar-refractivity contribution >= 4 is 34.3 Å². The smallest absolute Gasteiger partial charge is 0.387 e. The highest BCUT2D eigenvalue weighted by atomic mass is 32.1. The van der Waals surface area contributed by atoms with Gasteiger partial charge in [-0.2, -0.15) is 20.1 Å². The largest absolute Gasteiger partial charge is 0.433 e. The molecule has 1 amide bonds. The maximum atomic E-state index is 13.0. The van der Waals surface area contributed by atoms with E-state index < -0.39 is 6.61 Å². The van der Waals surface area contributed by atoms with E-state index in [4.69, 9.17) is 0 Å². The number of carbonyl (C=O) groups is 1. The Kier molecular flexibility index (Phi) is 4.69. The number of ether oxygens (including phenoxy) is 1. The van der Waals surface area contributed by atoms with Crippen LogP contribution in [0.2, 0.25) is 0 Å². The number of aryl methyl sites for hydroxylation is 1. The maximum Gasteiger partial charge on any atom is 0.387 e. The van der Waals surface area contributed by atoms with Gasteiger partial charge in [0.25, 0.3) is 5.91 Å². The number of halogens is 2. The highest BCUT2D eigenvalue weighted by molar-refractivity contribution is 7.14. The SMILES string of the molecule is O=C(c1csc(-c2ccsc2)n1)N1CCCc2cccc(OC(F)F)c21. The minimum atomic E-state index is -2.94. The molecule has 2 aromatic heterocycles. The van der Waals surface area contributed by atoms with Crippen LogP contribution in [0, 0.1) is 0 Å². The topological polar surface area (TPSA) is 42.4 Å². The molecular weight excluding hydrogens is 378 g/mol. The fourth-order valence-electron chi connectivity index (χ4n) is 3.04. The predicted octanol–water partition coefficient (Wildman–Crippen LogP) is 5.07. The van der Waals surface area contributed by atoms with E-state index in [1.165, 1.54) is 22.3 Å². The monoisotopic (exact) mass is 392 g/mol. The van der Waals surface area contributed by atoms with Crippen LogP contribution in [0.1, 0.15) is 22.5 Å². The Balaban J connectivity index is 1.68. The van der Waals surface area contributed by atoms with Crippen LogP contribution < -0.4 is 9.64 Å². The molecule has 0 radical (unpaired) electrons. The van der Waals surface area contributed by atoms with Gasteiger partial charge in [0.1, 0.15) is 16.5 Å². The minimum absolute atomic E-state index is 0.0267. The third kappa shape index (κ3) is 3.22. The van der Waals surface area contributed by atoms with Crippen molar-refractivity contribution in [3.63, 3.8) is 0 Å². The summed E-state index contributed by atoms with van der Waals surface area (Å²) in [6.45, 7) is -2.49. The zero-order valence-corrected chi connectivity index (χ0v) is 15.2. The third-order valence-corrected chi connectivity index (χ3v) is 5.71. The number of anilines is 1. The Labute approximate surface area is 156 Å². The van der Waals surface area contributed by atoms with Crippen LogP contribution in [-0.4, -0.2) is 24.0 Å². The van der Waals surface area contributed by atoms with Crippen molar-refractivity contribution in [2.75, 3.05) is 11.4 Å². The first-order chi connectivity index (χ1) is 12.6. The molecule has 1 aliphatic rings. The molecule has 1 aromatic carbocycles. The van der Waals surface area contributed by atoms with Gasteiger partial charge in [0.05, 0.1) is 5.69 Å². The molecular formula is C18H14F2N2O2S2. The van der Waals surface area contributed by atoms with E-state index in [1.807, 2.05) is 22.9 Å². The van der Waals surface area contributed by atoms with Crippen LogP contribution in [-0.2, 0) is 6.42 Å². The molecule has 0 N–H and O–H groups in total. The molecule has 3 heterocycles. The molecule has 134 valence electrons. The average molecular weight is 392 g/mol. The lowest BCUT2D eigenvalue weighted by atomic mass is 10.0. The molecule has 0 unspecified atom stereocenters. The van der Waals surface area contributed by atoms with Crippen LogP contribution in [0.3, 0.4) is 0 Å². The Bertz CT molecular complexity index is 925. The second-order valence-corrected chi connectivity index (χ2v) is 7.39. The number of para-hydroxylation sites is 1. The molecule has 0 bridgehead atoms. The first-order valence-corrected chi connectivity index (χ1v) is 9.82. The summed E-state index contributed by atoms with van der Waals surface area (Å²) in [6, 6.07) is 6.92. The van der Waals surface area contributed by atoms with Gasteiger partial charge in [-0.15, -0.1) is 11.3 Å². The summed E-state index contributed by atoms with van der Waals surface area (Å²) < 4.78 is 30.2. The van der Waals surface area contributed by atoms with Gasteiger partial charge in [0.15, 0.2) is 0 Å². The molecule has 4 nitrogen and oxygen atoms in total. The zero-order valence-electron chi connectivity index (χ0n) is 13.5. The quantitative estimate of drug-likeness (QED) is 0.623. The summed E-state index contributed by atoms with van der Waals surface area (Å²) in [5, 5.41) is 6.40. The molecule has 1 aliphatic heterocycles. The summed E-state index contributed by atoms with van der Waals surface area (Å²) in [4.78, 5) is 19.0. The summed E-state index contributed by atoms with van der Waals surface area (Å²) in [5.74, 6) is -0.271. The average Bonchev–Trinajstić information content (AvgIpc) is 3.31. The van der Waals surface area contributed by atoms with Gasteiger partial charge in [0, 0.05) is 22.9 Å². The third-order valence-electron chi connectivity index (χ3n) is 4.13. The van der Waals surface area contributed by atoms with Crippen molar-refractivity contribution in [2.45, 2.75) is 19.5 Å². The van der Waals surface area contributed by atoms with E-state index in [1.54, 1.807) is 22.8 Å². The number of rotatable bonds is 4. The van der Waals surface area contributed by atoms with Gasteiger partial charge >= 0.3 is 6.61 Å². The van der Waals surface area contributed by atoms with Crippen molar-refractivity contribution in [1.82, 2.24) is 4.98 Å².